The van der Waals surface area contributed by atoms with E-state index in [4.69, 9.17) is 4.74 Å². The van der Waals surface area contributed by atoms with Gasteiger partial charge in [0.1, 0.15) is 17.1 Å². The standard InChI is InChI=1S/C21H19FN2O4/c1-21(19(26)23-20(27)24-21)13-12-15-4-9-17(10-5-15)28-18(25)11-6-14-2-7-16(22)8-3-14/h2-11H,12-13H2,1H3,(H2,23,24,26,27)/b11-6+/t21-/m0/s1. The maximum Gasteiger partial charge on any atom is 0.336 e. The number of amides is 3. The molecule has 1 aliphatic heterocycles. The molecule has 6 nitrogen and oxygen atoms in total. The molecule has 1 heterocycles. The number of carbonyl (C=O) groups excluding carboxylic acids is 3. The summed E-state index contributed by atoms with van der Waals surface area (Å²) < 4.78 is 18.1. The van der Waals surface area contributed by atoms with E-state index in [1.165, 1.54) is 24.3 Å². The van der Waals surface area contributed by atoms with E-state index in [1.54, 1.807) is 43.3 Å². The molecule has 0 spiro atoms. The summed E-state index contributed by atoms with van der Waals surface area (Å²) in [5.74, 6) is -0.841. The van der Waals surface area contributed by atoms with Crippen LogP contribution in [-0.4, -0.2) is 23.4 Å². The van der Waals surface area contributed by atoms with Crippen LogP contribution in [0, 0.1) is 5.82 Å². The van der Waals surface area contributed by atoms with E-state index in [1.807, 2.05) is 0 Å². The fourth-order valence-corrected chi connectivity index (χ4v) is 2.76. The van der Waals surface area contributed by atoms with Crippen molar-refractivity contribution in [1.29, 1.82) is 0 Å². The highest BCUT2D eigenvalue weighted by atomic mass is 19.1. The number of esters is 1. The molecule has 144 valence electrons. The molecule has 0 radical (unpaired) electrons. The Balaban J connectivity index is 1.52. The number of benzene rings is 2. The number of nitrogens with one attached hydrogen (secondary N) is 2. The van der Waals surface area contributed by atoms with Gasteiger partial charge in [-0.3, -0.25) is 10.1 Å². The summed E-state index contributed by atoms with van der Waals surface area (Å²) in [5.41, 5.74) is 0.704. The molecular weight excluding hydrogens is 363 g/mol. The van der Waals surface area contributed by atoms with Crippen molar-refractivity contribution in [2.24, 2.45) is 0 Å². The van der Waals surface area contributed by atoms with Crippen molar-refractivity contribution < 1.29 is 23.5 Å². The maximum atomic E-state index is 12.9. The monoisotopic (exact) mass is 382 g/mol. The maximum absolute atomic E-state index is 12.9. The summed E-state index contributed by atoms with van der Waals surface area (Å²) in [6.45, 7) is 1.68. The second kappa shape index (κ2) is 8.04. The minimum absolute atomic E-state index is 0.337. The van der Waals surface area contributed by atoms with Crippen LogP contribution in [-0.2, 0) is 16.0 Å². The van der Waals surface area contributed by atoms with E-state index >= 15 is 0 Å². The molecule has 1 aliphatic rings. The van der Waals surface area contributed by atoms with E-state index in [0.29, 0.717) is 24.2 Å². The second-order valence-electron chi connectivity index (χ2n) is 6.69. The summed E-state index contributed by atoms with van der Waals surface area (Å²) in [6, 6.07) is 12.2. The molecule has 2 aromatic carbocycles. The summed E-state index contributed by atoms with van der Waals surface area (Å²) in [7, 11) is 0. The lowest BCUT2D eigenvalue weighted by atomic mass is 9.93. The summed E-state index contributed by atoms with van der Waals surface area (Å²) in [5, 5.41) is 4.85. The Morgan fingerprint density at radius 2 is 1.79 bits per heavy atom. The SMILES string of the molecule is C[C@@]1(CCc2ccc(OC(=O)/C=C/c3ccc(F)cc3)cc2)NC(=O)NC1=O. The number of carbonyl (C=O) groups is 3. The lowest BCUT2D eigenvalue weighted by molar-refractivity contribution is -0.129. The zero-order valence-electron chi connectivity index (χ0n) is 15.2. The lowest BCUT2D eigenvalue weighted by Crippen LogP contribution is -2.43. The molecular formula is C21H19FN2O4. The molecule has 2 N–H and O–H groups in total. The van der Waals surface area contributed by atoms with Crippen LogP contribution in [0.3, 0.4) is 0 Å². The Labute approximate surface area is 161 Å². The van der Waals surface area contributed by atoms with E-state index in [9.17, 15) is 18.8 Å². The third kappa shape index (κ3) is 4.82. The molecule has 3 rings (SSSR count). The highest BCUT2D eigenvalue weighted by Crippen LogP contribution is 2.20. The first-order valence-corrected chi connectivity index (χ1v) is 8.72. The van der Waals surface area contributed by atoms with Gasteiger partial charge in [-0.15, -0.1) is 0 Å². The summed E-state index contributed by atoms with van der Waals surface area (Å²) in [4.78, 5) is 35.0. The van der Waals surface area contributed by atoms with Gasteiger partial charge < -0.3 is 10.1 Å². The van der Waals surface area contributed by atoms with E-state index < -0.39 is 17.5 Å². The first-order valence-electron chi connectivity index (χ1n) is 8.72. The average Bonchev–Trinajstić information content (AvgIpc) is 2.93. The van der Waals surface area contributed by atoms with Crippen LogP contribution in [0.2, 0.25) is 0 Å². The minimum Gasteiger partial charge on any atom is -0.423 e. The van der Waals surface area contributed by atoms with Gasteiger partial charge in [-0.1, -0.05) is 24.3 Å². The summed E-state index contributed by atoms with van der Waals surface area (Å²) in [6.07, 6.45) is 3.83. The number of urea groups is 1. The molecule has 0 saturated carbocycles. The number of ether oxygens (including phenoxy) is 1. The molecule has 7 heteroatoms. The van der Waals surface area contributed by atoms with E-state index in [2.05, 4.69) is 10.6 Å². The Morgan fingerprint density at radius 1 is 1.11 bits per heavy atom. The zero-order chi connectivity index (χ0) is 20.1. The van der Waals surface area contributed by atoms with E-state index in [-0.39, 0.29) is 11.7 Å². The first kappa shape index (κ1) is 19.3. The van der Waals surface area contributed by atoms with Gasteiger partial charge in [0.05, 0.1) is 0 Å². The number of rotatable bonds is 6. The molecule has 1 fully saturated rings. The molecule has 1 saturated heterocycles. The predicted octanol–water partition coefficient (Wildman–Crippen LogP) is 2.98. The van der Waals surface area contributed by atoms with Crippen LogP contribution in [0.15, 0.2) is 54.6 Å². The van der Waals surface area contributed by atoms with Crippen molar-refractivity contribution in [2.75, 3.05) is 0 Å². The second-order valence-corrected chi connectivity index (χ2v) is 6.69. The van der Waals surface area contributed by atoms with Gasteiger partial charge in [0.25, 0.3) is 5.91 Å². The van der Waals surface area contributed by atoms with Gasteiger partial charge in [0, 0.05) is 6.08 Å². The number of hydrogen-bond donors (Lipinski definition) is 2. The number of aryl methyl sites for hydroxylation is 1. The Bertz CT molecular complexity index is 922. The van der Waals surface area contributed by atoms with Crippen molar-refractivity contribution in [3.8, 4) is 5.75 Å². The van der Waals surface area contributed by atoms with Crippen molar-refractivity contribution in [2.45, 2.75) is 25.3 Å². The van der Waals surface area contributed by atoms with Gasteiger partial charge in [-0.2, -0.15) is 0 Å². The third-order valence-electron chi connectivity index (χ3n) is 4.45. The summed E-state index contributed by atoms with van der Waals surface area (Å²) >= 11 is 0. The number of halogens is 1. The topological polar surface area (TPSA) is 84.5 Å². The molecule has 0 aromatic heterocycles. The van der Waals surface area contributed by atoms with Gasteiger partial charge in [0.2, 0.25) is 0 Å². The van der Waals surface area contributed by atoms with Gasteiger partial charge in [0.15, 0.2) is 0 Å². The number of hydrogen-bond acceptors (Lipinski definition) is 4. The largest absolute Gasteiger partial charge is 0.423 e. The van der Waals surface area contributed by atoms with Crippen molar-refractivity contribution in [3.05, 3.63) is 71.6 Å². The third-order valence-corrected chi connectivity index (χ3v) is 4.45. The molecule has 0 aliphatic carbocycles. The van der Waals surface area contributed by atoms with Gasteiger partial charge >= 0.3 is 12.0 Å². The first-order chi connectivity index (χ1) is 13.3. The molecule has 28 heavy (non-hydrogen) atoms. The van der Waals surface area contributed by atoms with Crippen LogP contribution in [0.5, 0.6) is 5.75 Å². The minimum atomic E-state index is -0.923. The highest BCUT2D eigenvalue weighted by molar-refractivity contribution is 6.06. The van der Waals surface area contributed by atoms with Crippen molar-refractivity contribution in [3.63, 3.8) is 0 Å². The molecule has 0 unspecified atom stereocenters. The quantitative estimate of drug-likeness (QED) is 0.348. The molecule has 1 atom stereocenters. The molecule has 2 aromatic rings. The van der Waals surface area contributed by atoms with Crippen LogP contribution >= 0.6 is 0 Å². The van der Waals surface area contributed by atoms with E-state index in [0.717, 1.165) is 5.56 Å². The van der Waals surface area contributed by atoms with Crippen LogP contribution in [0.25, 0.3) is 6.08 Å². The molecule has 0 bridgehead atoms. The van der Waals surface area contributed by atoms with Crippen LogP contribution in [0.1, 0.15) is 24.5 Å². The lowest BCUT2D eigenvalue weighted by Gasteiger charge is -2.20. The zero-order valence-corrected chi connectivity index (χ0v) is 15.2. The Kier molecular flexibility index (Phi) is 5.54. The fraction of sp³-hybridized carbons (Fsp3) is 0.190. The Hall–Kier alpha value is -3.48. The Morgan fingerprint density at radius 3 is 2.39 bits per heavy atom. The fourth-order valence-electron chi connectivity index (χ4n) is 2.76. The van der Waals surface area contributed by atoms with Gasteiger partial charge in [-0.05, 0) is 61.2 Å². The van der Waals surface area contributed by atoms with Gasteiger partial charge in [-0.25, -0.2) is 14.0 Å². The highest BCUT2D eigenvalue weighted by Gasteiger charge is 2.41. The van der Waals surface area contributed by atoms with Crippen molar-refractivity contribution >= 4 is 24.0 Å². The molecule has 3 amide bonds. The van der Waals surface area contributed by atoms with Crippen molar-refractivity contribution in [1.82, 2.24) is 10.6 Å². The number of imide groups is 1. The van der Waals surface area contributed by atoms with Crippen LogP contribution in [0.4, 0.5) is 9.18 Å². The smallest absolute Gasteiger partial charge is 0.336 e. The average molecular weight is 382 g/mol. The normalized spacial score (nSPS) is 18.8. The predicted molar refractivity (Wildman–Crippen MR) is 101 cm³/mol. The van der Waals surface area contributed by atoms with Crippen LogP contribution < -0.4 is 15.4 Å².